The topological polar surface area (TPSA) is 105 Å². The Labute approximate surface area is 148 Å². The van der Waals surface area contributed by atoms with E-state index in [1.165, 1.54) is 16.3 Å². The third-order valence-electron chi connectivity index (χ3n) is 4.76. The van der Waals surface area contributed by atoms with Crippen molar-refractivity contribution in [1.29, 1.82) is 0 Å². The first-order valence-electron chi connectivity index (χ1n) is 8.32. The van der Waals surface area contributed by atoms with Crippen molar-refractivity contribution in [3.63, 3.8) is 0 Å². The lowest BCUT2D eigenvalue weighted by atomic mass is 10.0. The molecule has 1 aromatic rings. The first-order valence-corrected chi connectivity index (χ1v) is 9.82. The lowest BCUT2D eigenvalue weighted by Gasteiger charge is -2.42. The fourth-order valence-electron chi connectivity index (χ4n) is 3.17. The summed E-state index contributed by atoms with van der Waals surface area (Å²) >= 11 is 0. The molecule has 25 heavy (non-hydrogen) atoms. The van der Waals surface area contributed by atoms with E-state index in [0.717, 1.165) is 0 Å². The van der Waals surface area contributed by atoms with Crippen molar-refractivity contribution < 1.29 is 17.9 Å². The molecule has 0 spiro atoms. The molecule has 1 atom stereocenters. The highest BCUT2D eigenvalue weighted by atomic mass is 32.2. The van der Waals surface area contributed by atoms with Gasteiger partial charge in [0.15, 0.2) is 0 Å². The van der Waals surface area contributed by atoms with Crippen LogP contribution in [0.4, 0.5) is 0 Å². The number of sulfonamides is 1. The Morgan fingerprint density at radius 1 is 1.28 bits per heavy atom. The Hall–Kier alpha value is -1.68. The van der Waals surface area contributed by atoms with E-state index < -0.39 is 21.3 Å². The number of likely N-dealkylation sites (tertiary alicyclic amines) is 1. The number of rotatable bonds is 5. The highest BCUT2D eigenvalue weighted by Crippen LogP contribution is 2.28. The summed E-state index contributed by atoms with van der Waals surface area (Å²) in [6, 6.07) is 6.23. The van der Waals surface area contributed by atoms with Crippen molar-refractivity contribution in [2.75, 3.05) is 46.4 Å². The van der Waals surface area contributed by atoms with Gasteiger partial charge in [-0.15, -0.1) is 0 Å². The summed E-state index contributed by atoms with van der Waals surface area (Å²) in [5.74, 6) is 0.269. The maximum atomic E-state index is 12.6. The second kappa shape index (κ2) is 7.28. The predicted molar refractivity (Wildman–Crippen MR) is 93.7 cm³/mol. The van der Waals surface area contributed by atoms with Crippen LogP contribution in [0.15, 0.2) is 24.3 Å². The molecule has 0 bridgehead atoms. The molecular weight excluding hydrogens is 344 g/mol. The summed E-state index contributed by atoms with van der Waals surface area (Å²) in [5, 5.41) is 2.59. The second-order valence-corrected chi connectivity index (χ2v) is 8.49. The fourth-order valence-corrected chi connectivity index (χ4v) is 5.02. The molecule has 2 aliphatic rings. The van der Waals surface area contributed by atoms with Gasteiger partial charge in [-0.2, -0.15) is 4.31 Å². The largest absolute Gasteiger partial charge is 0.496 e. The fraction of sp³-hybridized carbons (Fsp3) is 0.562. The summed E-state index contributed by atoms with van der Waals surface area (Å²) < 4.78 is 31.9. The van der Waals surface area contributed by atoms with Crippen LogP contribution in [0.25, 0.3) is 0 Å². The lowest BCUT2D eigenvalue weighted by molar-refractivity contribution is -0.136. The molecule has 9 heteroatoms. The van der Waals surface area contributed by atoms with Crippen LogP contribution in [-0.4, -0.2) is 75.2 Å². The number of carbonyl (C=O) groups excluding carboxylic acids is 1. The Kier molecular flexibility index (Phi) is 5.28. The highest BCUT2D eigenvalue weighted by molar-refractivity contribution is 7.89. The number of nitrogens with two attached hydrogens (primary N) is 1. The van der Waals surface area contributed by atoms with Crippen molar-refractivity contribution in [3.8, 4) is 5.75 Å². The average Bonchev–Trinajstić information content (AvgIpc) is 2.60. The number of piperazine rings is 1. The summed E-state index contributed by atoms with van der Waals surface area (Å²) in [4.78, 5) is 14.1. The van der Waals surface area contributed by atoms with Crippen LogP contribution in [0.5, 0.6) is 5.75 Å². The van der Waals surface area contributed by atoms with Crippen molar-refractivity contribution in [2.45, 2.75) is 11.3 Å². The second-order valence-electron chi connectivity index (χ2n) is 6.28. The van der Waals surface area contributed by atoms with E-state index in [4.69, 9.17) is 10.5 Å². The van der Waals surface area contributed by atoms with Gasteiger partial charge in [-0.1, -0.05) is 18.2 Å². The molecule has 2 saturated heterocycles. The van der Waals surface area contributed by atoms with Crippen molar-refractivity contribution in [1.82, 2.24) is 14.5 Å². The minimum absolute atomic E-state index is 0.188. The van der Waals surface area contributed by atoms with Crippen molar-refractivity contribution in [2.24, 2.45) is 5.73 Å². The number of nitrogens with one attached hydrogen (secondary N) is 1. The zero-order valence-electron chi connectivity index (χ0n) is 14.2. The van der Waals surface area contributed by atoms with Gasteiger partial charge >= 0.3 is 0 Å². The summed E-state index contributed by atoms with van der Waals surface area (Å²) in [7, 11) is -1.84. The highest BCUT2D eigenvalue weighted by Gasteiger charge is 2.44. The van der Waals surface area contributed by atoms with Crippen LogP contribution >= 0.6 is 0 Å². The Morgan fingerprint density at radius 2 is 1.92 bits per heavy atom. The van der Waals surface area contributed by atoms with Gasteiger partial charge in [0.05, 0.1) is 7.11 Å². The standard InChI is InChI=1S/C16H24N4O4S/c1-24-14-5-3-2-4-13(14)15(17)16(21)19-10-12(11-19)25(22,23)20-8-6-18-7-9-20/h2-5,12,15,18H,6-11,17H2,1H3. The molecule has 1 unspecified atom stereocenters. The van der Waals surface area contributed by atoms with Gasteiger partial charge in [0, 0.05) is 44.8 Å². The Balaban J connectivity index is 1.63. The van der Waals surface area contributed by atoms with E-state index in [1.807, 2.05) is 0 Å². The number of amides is 1. The van der Waals surface area contributed by atoms with Crippen LogP contribution < -0.4 is 15.8 Å². The molecule has 3 rings (SSSR count). The molecular formula is C16H24N4O4S. The minimum atomic E-state index is -3.36. The molecule has 3 N–H and O–H groups in total. The molecule has 8 nitrogen and oxygen atoms in total. The average molecular weight is 368 g/mol. The maximum Gasteiger partial charge on any atom is 0.244 e. The number of nitrogens with zero attached hydrogens (tertiary/aromatic N) is 2. The predicted octanol–water partition coefficient (Wildman–Crippen LogP) is -0.859. The van der Waals surface area contributed by atoms with E-state index in [-0.39, 0.29) is 19.0 Å². The van der Waals surface area contributed by atoms with Gasteiger partial charge < -0.3 is 20.7 Å². The zero-order valence-corrected chi connectivity index (χ0v) is 15.0. The molecule has 2 fully saturated rings. The van der Waals surface area contributed by atoms with Gasteiger partial charge in [-0.05, 0) is 6.07 Å². The molecule has 2 heterocycles. The van der Waals surface area contributed by atoms with Crippen LogP contribution in [0.2, 0.25) is 0 Å². The third-order valence-corrected chi connectivity index (χ3v) is 6.98. The molecule has 138 valence electrons. The summed E-state index contributed by atoms with van der Waals surface area (Å²) in [6.07, 6.45) is 0. The van der Waals surface area contributed by atoms with Crippen LogP contribution in [-0.2, 0) is 14.8 Å². The first kappa shape index (κ1) is 18.1. The van der Waals surface area contributed by atoms with Gasteiger partial charge in [0.2, 0.25) is 15.9 Å². The van der Waals surface area contributed by atoms with E-state index in [2.05, 4.69) is 5.32 Å². The van der Waals surface area contributed by atoms with Crippen molar-refractivity contribution >= 4 is 15.9 Å². The van der Waals surface area contributed by atoms with E-state index in [0.29, 0.717) is 37.5 Å². The SMILES string of the molecule is COc1ccccc1C(N)C(=O)N1CC(S(=O)(=O)N2CCNCC2)C1. The molecule has 1 amide bonds. The lowest BCUT2D eigenvalue weighted by Crippen LogP contribution is -2.62. The van der Waals surface area contributed by atoms with Crippen LogP contribution in [0.1, 0.15) is 11.6 Å². The molecule has 0 aliphatic carbocycles. The molecule has 0 saturated carbocycles. The quantitative estimate of drug-likeness (QED) is 0.701. The number of methoxy groups -OCH3 is 1. The zero-order chi connectivity index (χ0) is 18.0. The molecule has 0 aromatic heterocycles. The normalized spacial score (nSPS) is 20.8. The van der Waals surface area contributed by atoms with Crippen LogP contribution in [0, 0.1) is 0 Å². The third kappa shape index (κ3) is 3.50. The monoisotopic (exact) mass is 368 g/mol. The van der Waals surface area contributed by atoms with E-state index >= 15 is 0 Å². The number of para-hydroxylation sites is 1. The molecule has 2 aliphatic heterocycles. The smallest absolute Gasteiger partial charge is 0.244 e. The summed E-state index contributed by atoms with van der Waals surface area (Å²) in [6.45, 7) is 2.66. The number of benzene rings is 1. The Morgan fingerprint density at radius 3 is 2.56 bits per heavy atom. The van der Waals surface area contributed by atoms with Gasteiger partial charge in [-0.3, -0.25) is 4.79 Å². The molecule has 1 aromatic carbocycles. The van der Waals surface area contributed by atoms with E-state index in [1.54, 1.807) is 24.3 Å². The van der Waals surface area contributed by atoms with Gasteiger partial charge in [0.25, 0.3) is 0 Å². The van der Waals surface area contributed by atoms with E-state index in [9.17, 15) is 13.2 Å². The number of hydrogen-bond donors (Lipinski definition) is 2. The first-order chi connectivity index (χ1) is 11.9. The number of ether oxygens (including phenoxy) is 1. The van der Waals surface area contributed by atoms with Gasteiger partial charge in [-0.25, -0.2) is 8.42 Å². The maximum absolute atomic E-state index is 12.6. The van der Waals surface area contributed by atoms with Crippen molar-refractivity contribution in [3.05, 3.63) is 29.8 Å². The number of carbonyl (C=O) groups is 1. The minimum Gasteiger partial charge on any atom is -0.496 e. The number of hydrogen-bond acceptors (Lipinski definition) is 6. The summed E-state index contributed by atoms with van der Waals surface area (Å²) in [5.41, 5.74) is 6.68. The Bertz CT molecular complexity index is 727. The van der Waals surface area contributed by atoms with Gasteiger partial charge in [0.1, 0.15) is 17.0 Å². The van der Waals surface area contributed by atoms with Crippen LogP contribution in [0.3, 0.4) is 0 Å². The molecule has 0 radical (unpaired) electrons.